The first kappa shape index (κ1) is 20.7. The molecule has 4 nitrogen and oxygen atoms in total. The Kier molecular flexibility index (Phi) is 7.35. The summed E-state index contributed by atoms with van der Waals surface area (Å²) in [7, 11) is 1.75. The molecule has 0 spiro atoms. The third-order valence-electron chi connectivity index (χ3n) is 5.66. The third kappa shape index (κ3) is 4.68. The number of anilines is 1. The third-order valence-corrected chi connectivity index (χ3v) is 5.66. The molecule has 28 heavy (non-hydrogen) atoms. The lowest BCUT2D eigenvalue weighted by Crippen LogP contribution is -2.31. The number of hydrogen-bond donors (Lipinski definition) is 0. The molecule has 5 heteroatoms. The summed E-state index contributed by atoms with van der Waals surface area (Å²) in [6.45, 7) is 3.61. The van der Waals surface area contributed by atoms with E-state index < -0.39 is 0 Å². The van der Waals surface area contributed by atoms with Crippen molar-refractivity contribution in [2.24, 2.45) is 5.10 Å². The molecule has 0 N–H and O–H groups in total. The Morgan fingerprint density at radius 3 is 2.43 bits per heavy atom. The standard InChI is InChI=1S/C23H29N3O.ClH/c1-27-23-13-7-6-12-21(23)22-18-19(14-17-25-15-8-3-9-16-25)24-26(22)20-10-4-2-5-11-20;/h2,4-7,10-13,22H,3,8-9,14-18H2,1H3;1H. The van der Waals surface area contributed by atoms with Gasteiger partial charge in [0, 0.05) is 30.7 Å². The van der Waals surface area contributed by atoms with Gasteiger partial charge in [-0.15, -0.1) is 12.4 Å². The molecule has 150 valence electrons. The van der Waals surface area contributed by atoms with Gasteiger partial charge in [0.2, 0.25) is 0 Å². The molecule has 0 saturated carbocycles. The smallest absolute Gasteiger partial charge is 0.124 e. The molecule has 2 aromatic carbocycles. The number of rotatable bonds is 6. The highest BCUT2D eigenvalue weighted by Crippen LogP contribution is 2.39. The summed E-state index contributed by atoms with van der Waals surface area (Å²) in [5, 5.41) is 7.23. The minimum absolute atomic E-state index is 0. The van der Waals surface area contributed by atoms with Crippen molar-refractivity contribution >= 4 is 23.8 Å². The van der Waals surface area contributed by atoms with Crippen molar-refractivity contribution in [1.29, 1.82) is 0 Å². The van der Waals surface area contributed by atoms with E-state index in [-0.39, 0.29) is 18.4 Å². The van der Waals surface area contributed by atoms with Crippen molar-refractivity contribution in [3.63, 3.8) is 0 Å². The molecule has 0 aliphatic carbocycles. The first-order chi connectivity index (χ1) is 13.3. The number of halogens is 1. The Balaban J connectivity index is 0.00000225. The fourth-order valence-corrected chi connectivity index (χ4v) is 4.20. The molecule has 0 radical (unpaired) electrons. The highest BCUT2D eigenvalue weighted by Gasteiger charge is 2.31. The van der Waals surface area contributed by atoms with Gasteiger partial charge < -0.3 is 9.64 Å². The van der Waals surface area contributed by atoms with E-state index in [1.165, 1.54) is 43.6 Å². The first-order valence-corrected chi connectivity index (χ1v) is 10.1. The van der Waals surface area contributed by atoms with E-state index in [2.05, 4.69) is 52.4 Å². The second-order valence-electron chi connectivity index (χ2n) is 7.46. The number of benzene rings is 2. The predicted molar refractivity (Wildman–Crippen MR) is 119 cm³/mol. The quantitative estimate of drug-likeness (QED) is 0.659. The number of nitrogens with zero attached hydrogens (tertiary/aromatic N) is 3. The van der Waals surface area contributed by atoms with Crippen LogP contribution in [-0.4, -0.2) is 37.4 Å². The second kappa shape index (κ2) is 9.94. The van der Waals surface area contributed by atoms with E-state index in [9.17, 15) is 0 Å². The van der Waals surface area contributed by atoms with Gasteiger partial charge in [-0.05, 0) is 44.1 Å². The number of likely N-dealkylation sites (tertiary alicyclic amines) is 1. The van der Waals surface area contributed by atoms with Gasteiger partial charge in [-0.2, -0.15) is 5.10 Å². The Labute approximate surface area is 174 Å². The number of hydrazone groups is 1. The average molecular weight is 400 g/mol. The van der Waals surface area contributed by atoms with E-state index in [0.717, 1.165) is 30.8 Å². The summed E-state index contributed by atoms with van der Waals surface area (Å²) >= 11 is 0. The van der Waals surface area contributed by atoms with Crippen LogP contribution in [0.15, 0.2) is 59.7 Å². The zero-order valence-electron chi connectivity index (χ0n) is 16.6. The monoisotopic (exact) mass is 399 g/mol. The van der Waals surface area contributed by atoms with Crippen LogP contribution in [0.2, 0.25) is 0 Å². The molecular formula is C23H30ClN3O. The lowest BCUT2D eigenvalue weighted by atomic mass is 9.99. The van der Waals surface area contributed by atoms with E-state index in [4.69, 9.17) is 9.84 Å². The Morgan fingerprint density at radius 1 is 0.964 bits per heavy atom. The summed E-state index contributed by atoms with van der Waals surface area (Å²) < 4.78 is 5.65. The number of ether oxygens (including phenoxy) is 1. The van der Waals surface area contributed by atoms with Crippen LogP contribution in [0.5, 0.6) is 5.75 Å². The van der Waals surface area contributed by atoms with Crippen molar-refractivity contribution in [1.82, 2.24) is 4.90 Å². The van der Waals surface area contributed by atoms with Gasteiger partial charge in [-0.3, -0.25) is 5.01 Å². The highest BCUT2D eigenvalue weighted by molar-refractivity contribution is 5.89. The number of piperidine rings is 1. The fraction of sp³-hybridized carbons (Fsp3) is 0.435. The number of hydrogen-bond acceptors (Lipinski definition) is 4. The molecule has 0 amide bonds. The lowest BCUT2D eigenvalue weighted by molar-refractivity contribution is 0.235. The summed E-state index contributed by atoms with van der Waals surface area (Å²) in [6.07, 6.45) is 6.08. The molecule has 1 atom stereocenters. The Hall–Kier alpha value is -2.04. The van der Waals surface area contributed by atoms with Crippen molar-refractivity contribution in [2.75, 3.05) is 31.8 Å². The topological polar surface area (TPSA) is 28.1 Å². The van der Waals surface area contributed by atoms with Gasteiger partial charge >= 0.3 is 0 Å². The number of para-hydroxylation sites is 2. The van der Waals surface area contributed by atoms with Crippen LogP contribution in [0.3, 0.4) is 0 Å². The van der Waals surface area contributed by atoms with E-state index in [0.29, 0.717) is 0 Å². The zero-order valence-corrected chi connectivity index (χ0v) is 17.4. The largest absolute Gasteiger partial charge is 0.496 e. The molecular weight excluding hydrogens is 370 g/mol. The molecule has 2 heterocycles. The maximum absolute atomic E-state index is 5.65. The molecule has 2 aliphatic rings. The first-order valence-electron chi connectivity index (χ1n) is 10.1. The van der Waals surface area contributed by atoms with Crippen LogP contribution in [0.1, 0.15) is 43.7 Å². The lowest BCUT2D eigenvalue weighted by Gasteiger charge is -2.26. The maximum atomic E-state index is 5.65. The molecule has 0 bridgehead atoms. The highest BCUT2D eigenvalue weighted by atomic mass is 35.5. The van der Waals surface area contributed by atoms with Gasteiger partial charge in [0.1, 0.15) is 5.75 Å². The normalized spacial score (nSPS) is 19.8. The molecule has 0 aromatic heterocycles. The summed E-state index contributed by atoms with van der Waals surface area (Å²) in [4.78, 5) is 2.59. The molecule has 1 fully saturated rings. The summed E-state index contributed by atoms with van der Waals surface area (Å²) in [6, 6.07) is 19.0. The summed E-state index contributed by atoms with van der Waals surface area (Å²) in [5.41, 5.74) is 3.64. The zero-order chi connectivity index (χ0) is 18.5. The fourth-order valence-electron chi connectivity index (χ4n) is 4.20. The van der Waals surface area contributed by atoms with E-state index >= 15 is 0 Å². The molecule has 2 aromatic rings. The molecule has 2 aliphatic heterocycles. The molecule has 4 rings (SSSR count). The predicted octanol–water partition coefficient (Wildman–Crippen LogP) is 5.30. The van der Waals surface area contributed by atoms with Gasteiger partial charge in [-0.25, -0.2) is 0 Å². The van der Waals surface area contributed by atoms with Crippen LogP contribution in [-0.2, 0) is 0 Å². The maximum Gasteiger partial charge on any atom is 0.124 e. The van der Waals surface area contributed by atoms with Gasteiger partial charge in [0.05, 0.1) is 18.8 Å². The van der Waals surface area contributed by atoms with Gasteiger partial charge in [-0.1, -0.05) is 42.8 Å². The second-order valence-corrected chi connectivity index (χ2v) is 7.46. The number of methoxy groups -OCH3 is 1. The van der Waals surface area contributed by atoms with Crippen molar-refractivity contribution in [3.05, 3.63) is 60.2 Å². The minimum atomic E-state index is 0. The van der Waals surface area contributed by atoms with Crippen molar-refractivity contribution in [3.8, 4) is 5.75 Å². The van der Waals surface area contributed by atoms with Crippen LogP contribution in [0.25, 0.3) is 0 Å². The Bertz CT molecular complexity index is 774. The summed E-state index contributed by atoms with van der Waals surface area (Å²) in [5.74, 6) is 0.941. The van der Waals surface area contributed by atoms with Gasteiger partial charge in [0.15, 0.2) is 0 Å². The van der Waals surface area contributed by atoms with Crippen molar-refractivity contribution < 1.29 is 4.74 Å². The molecule has 1 saturated heterocycles. The van der Waals surface area contributed by atoms with Crippen LogP contribution in [0.4, 0.5) is 5.69 Å². The molecule has 1 unspecified atom stereocenters. The van der Waals surface area contributed by atoms with Crippen LogP contribution >= 0.6 is 12.4 Å². The Morgan fingerprint density at radius 2 is 1.68 bits per heavy atom. The minimum Gasteiger partial charge on any atom is -0.496 e. The SMILES string of the molecule is COc1ccccc1C1CC(CCN2CCCCC2)=NN1c1ccccc1.Cl. The van der Waals surface area contributed by atoms with Crippen LogP contribution in [0, 0.1) is 0 Å². The van der Waals surface area contributed by atoms with Crippen LogP contribution < -0.4 is 9.75 Å². The van der Waals surface area contributed by atoms with Crippen molar-refractivity contribution in [2.45, 2.75) is 38.1 Å². The van der Waals surface area contributed by atoms with Gasteiger partial charge in [0.25, 0.3) is 0 Å². The van der Waals surface area contributed by atoms with E-state index in [1.54, 1.807) is 7.11 Å². The van der Waals surface area contributed by atoms with E-state index in [1.807, 2.05) is 12.1 Å². The average Bonchev–Trinajstić information content (AvgIpc) is 3.18.